The summed E-state index contributed by atoms with van der Waals surface area (Å²) < 4.78 is 37.7. The lowest BCUT2D eigenvalue weighted by Gasteiger charge is -2.16. The number of carbonyl (C=O) groups is 1. The number of amides is 1. The van der Waals surface area contributed by atoms with Gasteiger partial charge in [-0.05, 0) is 24.6 Å². The number of hydrogen-bond donors (Lipinski definition) is 2. The van der Waals surface area contributed by atoms with Crippen LogP contribution in [0.25, 0.3) is 0 Å². The van der Waals surface area contributed by atoms with E-state index in [0.717, 1.165) is 18.2 Å². The maximum Gasteiger partial charge on any atom is 0.416 e. The molecule has 1 aromatic heterocycles. The number of rotatable bonds is 4. The number of carbonyl (C=O) groups excluding carboxylic acids is 1. The summed E-state index contributed by atoms with van der Waals surface area (Å²) in [5.74, 6) is -0.374. The van der Waals surface area contributed by atoms with Gasteiger partial charge < -0.3 is 10.2 Å². The summed E-state index contributed by atoms with van der Waals surface area (Å²) in [5, 5.41) is 2.61. The lowest BCUT2D eigenvalue weighted by Crippen LogP contribution is -2.30. The molecular formula is C16H17F3N4O2. The fraction of sp³-hybridized carbons (Fsp3) is 0.312. The van der Waals surface area contributed by atoms with E-state index in [-0.39, 0.29) is 11.6 Å². The normalized spacial score (nSPS) is 12.6. The fourth-order valence-electron chi connectivity index (χ4n) is 2.09. The largest absolute Gasteiger partial charge is 0.416 e. The van der Waals surface area contributed by atoms with Crippen LogP contribution in [0, 0.1) is 0 Å². The topological polar surface area (TPSA) is 78.1 Å². The summed E-state index contributed by atoms with van der Waals surface area (Å²) in [6.45, 7) is 1.63. The number of H-pyrrole nitrogens is 1. The second-order valence-corrected chi connectivity index (χ2v) is 5.66. The Morgan fingerprint density at radius 3 is 2.36 bits per heavy atom. The maximum absolute atomic E-state index is 12.6. The van der Waals surface area contributed by atoms with E-state index in [1.807, 2.05) is 0 Å². The molecule has 0 fully saturated rings. The van der Waals surface area contributed by atoms with E-state index in [1.54, 1.807) is 21.0 Å². The van der Waals surface area contributed by atoms with Gasteiger partial charge in [0.05, 0.1) is 11.6 Å². The molecule has 134 valence electrons. The second kappa shape index (κ2) is 6.96. The summed E-state index contributed by atoms with van der Waals surface area (Å²) in [5.41, 5.74) is -0.821. The van der Waals surface area contributed by atoms with Crippen LogP contribution in [0.3, 0.4) is 0 Å². The molecule has 0 unspecified atom stereocenters. The predicted octanol–water partition coefficient (Wildman–Crippen LogP) is 2.35. The highest BCUT2D eigenvalue weighted by atomic mass is 19.4. The van der Waals surface area contributed by atoms with Crippen LogP contribution in [0.2, 0.25) is 0 Å². The number of aromatic nitrogens is 2. The summed E-state index contributed by atoms with van der Waals surface area (Å²) in [6.07, 6.45) is -4.41. The summed E-state index contributed by atoms with van der Waals surface area (Å²) >= 11 is 0. The van der Waals surface area contributed by atoms with Gasteiger partial charge in [-0.2, -0.15) is 13.2 Å². The molecule has 0 saturated carbocycles. The lowest BCUT2D eigenvalue weighted by molar-refractivity contribution is -0.137. The first-order valence-electron chi connectivity index (χ1n) is 7.34. The first-order valence-corrected chi connectivity index (χ1v) is 7.34. The third-order valence-electron chi connectivity index (χ3n) is 3.47. The lowest BCUT2D eigenvalue weighted by atomic mass is 10.1. The standard InChI is InChI=1S/C16H17F3N4O2/c1-9(10-4-6-11(7-5-10)16(17,18)19)20-14(25)12-8-13(24)22-15(21-12)23(2)3/h4-9H,1-3H3,(H,20,25)(H,21,22,24)/t9-/m1/s1. The van der Waals surface area contributed by atoms with Crippen molar-refractivity contribution in [3.8, 4) is 0 Å². The van der Waals surface area contributed by atoms with Gasteiger partial charge in [0.1, 0.15) is 5.69 Å². The van der Waals surface area contributed by atoms with Crippen LogP contribution >= 0.6 is 0 Å². The molecule has 9 heteroatoms. The summed E-state index contributed by atoms with van der Waals surface area (Å²) in [6, 6.07) is 5.00. The first-order chi connectivity index (χ1) is 11.6. The number of halogens is 3. The average Bonchev–Trinajstić information content (AvgIpc) is 2.53. The van der Waals surface area contributed by atoms with Crippen LogP contribution in [0.15, 0.2) is 35.1 Å². The molecular weight excluding hydrogens is 337 g/mol. The van der Waals surface area contributed by atoms with Gasteiger partial charge in [0.25, 0.3) is 11.5 Å². The molecule has 0 aliphatic heterocycles. The Morgan fingerprint density at radius 1 is 1.24 bits per heavy atom. The third-order valence-corrected chi connectivity index (χ3v) is 3.47. The van der Waals surface area contributed by atoms with Gasteiger partial charge in [-0.3, -0.25) is 14.6 Å². The van der Waals surface area contributed by atoms with E-state index in [2.05, 4.69) is 15.3 Å². The molecule has 1 amide bonds. The predicted molar refractivity (Wildman–Crippen MR) is 86.5 cm³/mol. The molecule has 0 aliphatic rings. The van der Waals surface area contributed by atoms with Crippen molar-refractivity contribution in [2.75, 3.05) is 19.0 Å². The molecule has 2 N–H and O–H groups in total. The average molecular weight is 354 g/mol. The van der Waals surface area contributed by atoms with E-state index >= 15 is 0 Å². The van der Waals surface area contributed by atoms with Gasteiger partial charge in [0.2, 0.25) is 5.95 Å². The highest BCUT2D eigenvalue weighted by Gasteiger charge is 2.30. The van der Waals surface area contributed by atoms with Crippen LogP contribution in [0.5, 0.6) is 0 Å². The molecule has 0 saturated heterocycles. The summed E-state index contributed by atoms with van der Waals surface area (Å²) in [4.78, 5) is 31.9. The zero-order valence-corrected chi connectivity index (χ0v) is 13.8. The van der Waals surface area contributed by atoms with Crippen molar-refractivity contribution in [2.24, 2.45) is 0 Å². The number of nitrogens with zero attached hydrogens (tertiary/aromatic N) is 2. The number of benzene rings is 1. The second-order valence-electron chi connectivity index (χ2n) is 5.66. The monoisotopic (exact) mass is 354 g/mol. The van der Waals surface area contributed by atoms with Crippen molar-refractivity contribution in [2.45, 2.75) is 19.1 Å². The minimum Gasteiger partial charge on any atom is -0.348 e. The number of alkyl halides is 3. The molecule has 6 nitrogen and oxygen atoms in total. The van der Waals surface area contributed by atoms with Crippen LogP contribution in [0.4, 0.5) is 19.1 Å². The highest BCUT2D eigenvalue weighted by molar-refractivity contribution is 5.92. The molecule has 2 aromatic rings. The van der Waals surface area contributed by atoms with Crippen molar-refractivity contribution in [1.29, 1.82) is 0 Å². The molecule has 25 heavy (non-hydrogen) atoms. The number of hydrogen-bond acceptors (Lipinski definition) is 4. The molecule has 1 atom stereocenters. The molecule has 1 aromatic carbocycles. The van der Waals surface area contributed by atoms with E-state index in [0.29, 0.717) is 5.56 Å². The smallest absolute Gasteiger partial charge is 0.348 e. The Bertz CT molecular complexity index is 813. The van der Waals surface area contributed by atoms with Gasteiger partial charge >= 0.3 is 6.18 Å². The Morgan fingerprint density at radius 2 is 1.84 bits per heavy atom. The third kappa shape index (κ3) is 4.59. The van der Waals surface area contributed by atoms with Gasteiger partial charge in [0.15, 0.2) is 0 Å². The zero-order chi connectivity index (χ0) is 18.8. The minimum absolute atomic E-state index is 0.0776. The quantitative estimate of drug-likeness (QED) is 0.884. The molecule has 0 radical (unpaired) electrons. The highest BCUT2D eigenvalue weighted by Crippen LogP contribution is 2.29. The van der Waals surface area contributed by atoms with Gasteiger partial charge in [-0.15, -0.1) is 0 Å². The van der Waals surface area contributed by atoms with Crippen molar-refractivity contribution in [3.63, 3.8) is 0 Å². The Hall–Kier alpha value is -2.84. The maximum atomic E-state index is 12.6. The van der Waals surface area contributed by atoms with Crippen molar-refractivity contribution in [1.82, 2.24) is 15.3 Å². The zero-order valence-electron chi connectivity index (χ0n) is 13.8. The number of aromatic amines is 1. The van der Waals surface area contributed by atoms with Crippen molar-refractivity contribution >= 4 is 11.9 Å². The van der Waals surface area contributed by atoms with Crippen LogP contribution in [-0.4, -0.2) is 30.0 Å². The Balaban J connectivity index is 2.16. The van der Waals surface area contributed by atoms with Gasteiger partial charge in [-0.1, -0.05) is 12.1 Å². The van der Waals surface area contributed by atoms with Gasteiger partial charge in [-0.25, -0.2) is 4.98 Å². The van der Waals surface area contributed by atoms with E-state index < -0.39 is 29.2 Å². The van der Waals surface area contributed by atoms with Crippen LogP contribution in [0.1, 0.15) is 34.6 Å². The number of nitrogens with one attached hydrogen (secondary N) is 2. The van der Waals surface area contributed by atoms with E-state index in [9.17, 15) is 22.8 Å². The van der Waals surface area contributed by atoms with Crippen LogP contribution < -0.4 is 15.8 Å². The van der Waals surface area contributed by atoms with Gasteiger partial charge in [0, 0.05) is 20.2 Å². The molecule has 1 heterocycles. The fourth-order valence-corrected chi connectivity index (χ4v) is 2.09. The molecule has 0 aliphatic carbocycles. The van der Waals surface area contributed by atoms with E-state index in [4.69, 9.17) is 0 Å². The minimum atomic E-state index is -4.41. The Labute approximate surface area is 141 Å². The first kappa shape index (κ1) is 18.5. The van der Waals surface area contributed by atoms with E-state index in [1.165, 1.54) is 17.0 Å². The molecule has 2 rings (SSSR count). The van der Waals surface area contributed by atoms with Crippen LogP contribution in [-0.2, 0) is 6.18 Å². The molecule has 0 spiro atoms. The Kier molecular flexibility index (Phi) is 5.15. The number of anilines is 1. The van der Waals surface area contributed by atoms with Crippen molar-refractivity contribution in [3.05, 3.63) is 57.5 Å². The summed E-state index contributed by atoms with van der Waals surface area (Å²) in [7, 11) is 3.32. The van der Waals surface area contributed by atoms with Crippen molar-refractivity contribution < 1.29 is 18.0 Å². The SMILES string of the molecule is C[C@@H](NC(=O)c1cc(=O)[nH]c(N(C)C)n1)c1ccc(C(F)(F)F)cc1. The molecule has 0 bridgehead atoms.